The van der Waals surface area contributed by atoms with Crippen LogP contribution in [0.2, 0.25) is 0 Å². The molecule has 0 aliphatic rings. The van der Waals surface area contributed by atoms with Crippen molar-refractivity contribution >= 4 is 0 Å². The highest BCUT2D eigenvalue weighted by atomic mass is 16.5. The topological polar surface area (TPSA) is 63.7 Å². The van der Waals surface area contributed by atoms with E-state index >= 15 is 0 Å². The van der Waals surface area contributed by atoms with Gasteiger partial charge >= 0.3 is 0 Å². The van der Waals surface area contributed by atoms with Gasteiger partial charge in [0.25, 0.3) is 0 Å². The number of aromatic nitrogens is 3. The second-order valence-corrected chi connectivity index (χ2v) is 5.21. The van der Waals surface area contributed by atoms with Crippen LogP contribution in [0, 0.1) is 18.3 Å². The summed E-state index contributed by atoms with van der Waals surface area (Å²) >= 11 is 0. The molecule has 3 rings (SSSR count). The molecule has 0 bridgehead atoms. The lowest BCUT2D eigenvalue weighted by Gasteiger charge is -2.10. The molecule has 0 atom stereocenters. The molecule has 0 radical (unpaired) electrons. The van der Waals surface area contributed by atoms with E-state index in [1.54, 1.807) is 11.8 Å². The molecule has 114 valence electrons. The predicted octanol–water partition coefficient (Wildman–Crippen LogP) is 3.18. The van der Waals surface area contributed by atoms with Crippen LogP contribution in [-0.4, -0.2) is 22.1 Å². The SMILES string of the molecule is COc1cccc(-c2c(C#N)nnn2Cc2ccccc2C)c1. The molecule has 0 amide bonds. The molecule has 1 aromatic heterocycles. The fourth-order valence-corrected chi connectivity index (χ4v) is 2.50. The second kappa shape index (κ2) is 6.32. The zero-order valence-corrected chi connectivity index (χ0v) is 13.0. The third-order valence-corrected chi connectivity index (χ3v) is 3.77. The van der Waals surface area contributed by atoms with E-state index in [9.17, 15) is 5.26 Å². The van der Waals surface area contributed by atoms with Crippen molar-refractivity contribution in [3.8, 4) is 23.1 Å². The normalized spacial score (nSPS) is 10.3. The summed E-state index contributed by atoms with van der Waals surface area (Å²) < 4.78 is 7.03. The zero-order valence-electron chi connectivity index (χ0n) is 13.0. The first kappa shape index (κ1) is 14.8. The average Bonchev–Trinajstić information content (AvgIpc) is 2.99. The molecule has 2 aromatic carbocycles. The quantitative estimate of drug-likeness (QED) is 0.742. The number of rotatable bonds is 4. The van der Waals surface area contributed by atoms with Gasteiger partial charge in [-0.2, -0.15) is 5.26 Å². The summed E-state index contributed by atoms with van der Waals surface area (Å²) in [5.74, 6) is 0.732. The fourth-order valence-electron chi connectivity index (χ4n) is 2.50. The van der Waals surface area contributed by atoms with Crippen LogP contribution in [0.4, 0.5) is 0 Å². The number of hydrogen-bond donors (Lipinski definition) is 0. The molecule has 23 heavy (non-hydrogen) atoms. The van der Waals surface area contributed by atoms with Crippen LogP contribution in [-0.2, 0) is 6.54 Å². The number of benzene rings is 2. The number of nitrogens with zero attached hydrogens (tertiary/aromatic N) is 4. The Morgan fingerprint density at radius 2 is 2.00 bits per heavy atom. The maximum absolute atomic E-state index is 9.34. The largest absolute Gasteiger partial charge is 0.497 e. The second-order valence-electron chi connectivity index (χ2n) is 5.21. The minimum atomic E-state index is 0.312. The van der Waals surface area contributed by atoms with Crippen molar-refractivity contribution in [2.24, 2.45) is 0 Å². The van der Waals surface area contributed by atoms with Crippen LogP contribution in [0.5, 0.6) is 5.75 Å². The van der Waals surface area contributed by atoms with Crippen molar-refractivity contribution in [3.63, 3.8) is 0 Å². The smallest absolute Gasteiger partial charge is 0.190 e. The Morgan fingerprint density at radius 3 is 2.74 bits per heavy atom. The third kappa shape index (κ3) is 2.92. The molecule has 5 nitrogen and oxygen atoms in total. The summed E-state index contributed by atoms with van der Waals surface area (Å²) in [6.07, 6.45) is 0. The first-order chi connectivity index (χ1) is 11.2. The first-order valence-electron chi connectivity index (χ1n) is 7.25. The standard InChI is InChI=1S/C18H16N4O/c1-13-6-3-4-7-15(13)12-22-18(17(11-19)20-21-22)14-8-5-9-16(10-14)23-2/h3-10H,12H2,1-2H3. The zero-order chi connectivity index (χ0) is 16.2. The maximum Gasteiger partial charge on any atom is 0.190 e. The summed E-state index contributed by atoms with van der Waals surface area (Å²) in [4.78, 5) is 0. The number of hydrogen-bond acceptors (Lipinski definition) is 4. The summed E-state index contributed by atoms with van der Waals surface area (Å²) in [5.41, 5.74) is 4.20. The number of ether oxygens (including phenoxy) is 1. The van der Waals surface area contributed by atoms with Crippen molar-refractivity contribution < 1.29 is 4.74 Å². The molecule has 1 heterocycles. The van der Waals surface area contributed by atoms with Gasteiger partial charge in [-0.15, -0.1) is 5.10 Å². The minimum Gasteiger partial charge on any atom is -0.497 e. The van der Waals surface area contributed by atoms with Crippen molar-refractivity contribution in [3.05, 3.63) is 65.4 Å². The van der Waals surface area contributed by atoms with Gasteiger partial charge in [0, 0.05) is 5.56 Å². The van der Waals surface area contributed by atoms with Gasteiger partial charge < -0.3 is 4.74 Å². The van der Waals surface area contributed by atoms with Crippen molar-refractivity contribution in [2.75, 3.05) is 7.11 Å². The van der Waals surface area contributed by atoms with E-state index in [-0.39, 0.29) is 0 Å². The van der Waals surface area contributed by atoms with Crippen molar-refractivity contribution in [1.29, 1.82) is 5.26 Å². The summed E-state index contributed by atoms with van der Waals surface area (Å²) in [5, 5.41) is 17.5. The third-order valence-electron chi connectivity index (χ3n) is 3.77. The van der Waals surface area contributed by atoms with E-state index in [4.69, 9.17) is 4.74 Å². The first-order valence-corrected chi connectivity index (χ1v) is 7.25. The Labute approximate surface area is 134 Å². The van der Waals surface area contributed by atoms with Gasteiger partial charge in [0.2, 0.25) is 0 Å². The highest BCUT2D eigenvalue weighted by Crippen LogP contribution is 2.26. The van der Waals surface area contributed by atoms with Crippen LogP contribution in [0.25, 0.3) is 11.3 Å². The fraction of sp³-hybridized carbons (Fsp3) is 0.167. The highest BCUT2D eigenvalue weighted by Gasteiger charge is 2.16. The van der Waals surface area contributed by atoms with Crippen LogP contribution < -0.4 is 4.74 Å². The van der Waals surface area contributed by atoms with Crippen molar-refractivity contribution in [2.45, 2.75) is 13.5 Å². The van der Waals surface area contributed by atoms with Gasteiger partial charge in [0.15, 0.2) is 5.69 Å². The predicted molar refractivity (Wildman–Crippen MR) is 87.0 cm³/mol. The number of methoxy groups -OCH3 is 1. The van der Waals surface area contributed by atoms with E-state index in [0.29, 0.717) is 17.9 Å². The molecular weight excluding hydrogens is 288 g/mol. The number of aryl methyl sites for hydroxylation is 1. The van der Waals surface area contributed by atoms with Gasteiger partial charge in [0.05, 0.1) is 13.7 Å². The molecule has 0 N–H and O–H groups in total. The summed E-state index contributed by atoms with van der Waals surface area (Å²) in [6.45, 7) is 2.62. The Kier molecular flexibility index (Phi) is 4.07. The van der Waals surface area contributed by atoms with Crippen LogP contribution in [0.15, 0.2) is 48.5 Å². The Bertz CT molecular complexity index is 877. The lowest BCUT2D eigenvalue weighted by Crippen LogP contribution is -2.05. The number of nitriles is 1. The highest BCUT2D eigenvalue weighted by molar-refractivity contribution is 5.66. The molecule has 5 heteroatoms. The molecule has 0 spiro atoms. The van der Waals surface area contributed by atoms with Gasteiger partial charge in [-0.3, -0.25) is 0 Å². The summed E-state index contributed by atoms with van der Waals surface area (Å²) in [7, 11) is 1.62. The van der Waals surface area contributed by atoms with Gasteiger partial charge in [-0.25, -0.2) is 4.68 Å². The molecular formula is C18H16N4O. The lowest BCUT2D eigenvalue weighted by molar-refractivity contribution is 0.415. The summed E-state index contributed by atoms with van der Waals surface area (Å²) in [6, 6.07) is 17.8. The minimum absolute atomic E-state index is 0.312. The molecule has 0 saturated heterocycles. The Morgan fingerprint density at radius 1 is 1.17 bits per heavy atom. The van der Waals surface area contributed by atoms with Gasteiger partial charge in [-0.05, 0) is 30.2 Å². The molecule has 0 fully saturated rings. The van der Waals surface area contributed by atoms with E-state index < -0.39 is 0 Å². The van der Waals surface area contributed by atoms with Gasteiger partial charge in [-0.1, -0.05) is 41.6 Å². The van der Waals surface area contributed by atoms with E-state index in [1.165, 1.54) is 5.56 Å². The Hall–Kier alpha value is -3.13. The van der Waals surface area contributed by atoms with Crippen LogP contribution in [0.3, 0.4) is 0 Å². The molecule has 3 aromatic rings. The lowest BCUT2D eigenvalue weighted by atomic mass is 10.1. The van der Waals surface area contributed by atoms with E-state index in [1.807, 2.05) is 36.4 Å². The monoisotopic (exact) mass is 304 g/mol. The van der Waals surface area contributed by atoms with E-state index in [0.717, 1.165) is 16.9 Å². The maximum atomic E-state index is 9.34. The molecule has 0 unspecified atom stereocenters. The van der Waals surface area contributed by atoms with E-state index in [2.05, 4.69) is 35.4 Å². The van der Waals surface area contributed by atoms with Crippen LogP contribution >= 0.6 is 0 Å². The molecule has 0 aliphatic carbocycles. The average molecular weight is 304 g/mol. The molecule has 0 aliphatic heterocycles. The van der Waals surface area contributed by atoms with Crippen LogP contribution in [0.1, 0.15) is 16.8 Å². The van der Waals surface area contributed by atoms with Crippen molar-refractivity contribution in [1.82, 2.24) is 15.0 Å². The Balaban J connectivity index is 2.08. The van der Waals surface area contributed by atoms with Gasteiger partial charge in [0.1, 0.15) is 17.5 Å². The molecule has 0 saturated carbocycles.